The van der Waals surface area contributed by atoms with E-state index in [1.807, 2.05) is 6.92 Å². The highest BCUT2D eigenvalue weighted by Gasteiger charge is 2.47. The fraction of sp³-hybridized carbons (Fsp3) is 0.333. The van der Waals surface area contributed by atoms with Gasteiger partial charge in [-0.05, 0) is 42.8 Å². The Hall–Kier alpha value is -3.06. The van der Waals surface area contributed by atoms with Crippen LogP contribution in [0.25, 0.3) is 5.76 Å². The Morgan fingerprint density at radius 3 is 2.86 bits per heavy atom. The number of aliphatic hydroxyl groups excluding tert-OH is 1. The van der Waals surface area contributed by atoms with Crippen LogP contribution in [-0.4, -0.2) is 48.1 Å². The van der Waals surface area contributed by atoms with Gasteiger partial charge in [-0.2, -0.15) is 0 Å². The number of hydrogen-bond donors (Lipinski definition) is 1. The molecule has 4 rings (SSSR count). The Labute approximate surface area is 162 Å². The zero-order chi connectivity index (χ0) is 19.8. The summed E-state index contributed by atoms with van der Waals surface area (Å²) in [6.07, 6.45) is 2.26. The topological polar surface area (TPSA) is 89.2 Å². The zero-order valence-corrected chi connectivity index (χ0v) is 15.7. The number of ketones is 1. The van der Waals surface area contributed by atoms with Gasteiger partial charge in [-0.3, -0.25) is 9.59 Å². The van der Waals surface area contributed by atoms with Gasteiger partial charge in [-0.15, -0.1) is 0 Å². The number of benzene rings is 1. The molecule has 0 radical (unpaired) electrons. The van der Waals surface area contributed by atoms with E-state index in [0.29, 0.717) is 11.3 Å². The van der Waals surface area contributed by atoms with Crippen molar-refractivity contribution in [2.24, 2.45) is 0 Å². The van der Waals surface area contributed by atoms with Crippen LogP contribution in [0.4, 0.5) is 0 Å². The van der Waals surface area contributed by atoms with E-state index in [2.05, 4.69) is 0 Å². The molecule has 7 heteroatoms. The number of methoxy groups -OCH3 is 1. The Morgan fingerprint density at radius 2 is 2.14 bits per heavy atom. The van der Waals surface area contributed by atoms with Gasteiger partial charge in [0.15, 0.2) is 0 Å². The molecule has 1 saturated heterocycles. The minimum atomic E-state index is -0.798. The number of hydrogen-bond acceptors (Lipinski definition) is 6. The summed E-state index contributed by atoms with van der Waals surface area (Å²) >= 11 is 0. The Bertz CT molecular complexity index is 946. The first-order valence-electron chi connectivity index (χ1n) is 9.12. The van der Waals surface area contributed by atoms with Crippen molar-refractivity contribution in [3.8, 4) is 5.75 Å². The lowest BCUT2D eigenvalue weighted by molar-refractivity contribution is -0.140. The maximum Gasteiger partial charge on any atom is 0.295 e. The highest BCUT2D eigenvalue weighted by molar-refractivity contribution is 6.46. The van der Waals surface area contributed by atoms with Crippen molar-refractivity contribution in [2.75, 3.05) is 20.3 Å². The molecule has 0 spiro atoms. The fourth-order valence-corrected chi connectivity index (χ4v) is 3.77. The summed E-state index contributed by atoms with van der Waals surface area (Å²) in [6.45, 7) is 2.44. The molecule has 0 saturated carbocycles. The molecule has 2 aliphatic heterocycles. The average Bonchev–Trinajstić information content (AvgIpc) is 3.38. The highest BCUT2D eigenvalue weighted by atomic mass is 16.5. The molecule has 1 N–H and O–H groups in total. The third-order valence-corrected chi connectivity index (χ3v) is 5.06. The lowest BCUT2D eigenvalue weighted by Crippen LogP contribution is -2.32. The molecule has 0 bridgehead atoms. The van der Waals surface area contributed by atoms with E-state index < -0.39 is 17.7 Å². The van der Waals surface area contributed by atoms with Crippen LogP contribution in [0.15, 0.2) is 46.6 Å². The van der Waals surface area contributed by atoms with Crippen molar-refractivity contribution in [1.29, 1.82) is 0 Å². The van der Waals surface area contributed by atoms with E-state index >= 15 is 0 Å². The van der Waals surface area contributed by atoms with Gasteiger partial charge < -0.3 is 23.9 Å². The summed E-state index contributed by atoms with van der Waals surface area (Å²) < 4.78 is 16.2. The van der Waals surface area contributed by atoms with Gasteiger partial charge in [0.05, 0.1) is 18.4 Å². The lowest BCUT2D eigenvalue weighted by atomic mass is 9.97. The first-order valence-corrected chi connectivity index (χ1v) is 9.12. The molecule has 146 valence electrons. The van der Waals surface area contributed by atoms with Gasteiger partial charge in [-0.25, -0.2) is 0 Å². The molecule has 2 unspecified atom stereocenters. The predicted octanol–water partition coefficient (Wildman–Crippen LogP) is 2.67. The van der Waals surface area contributed by atoms with Crippen LogP contribution in [0, 0.1) is 0 Å². The van der Waals surface area contributed by atoms with Crippen LogP contribution < -0.4 is 4.74 Å². The smallest absolute Gasteiger partial charge is 0.295 e. The van der Waals surface area contributed by atoms with E-state index in [-0.39, 0.29) is 30.6 Å². The predicted molar refractivity (Wildman–Crippen MR) is 99.8 cm³/mol. The van der Waals surface area contributed by atoms with Crippen molar-refractivity contribution < 1.29 is 28.6 Å². The molecule has 1 fully saturated rings. The standard InChI is InChI=1S/C21H21NO6/c1-12-10-14-11-13(5-6-15(14)28-12)19(23)17-18(16-4-3-8-27-16)22(7-9-26-2)21(25)20(17)24/h3-6,8,11-12,18,23H,7,9-10H2,1-2H3. The van der Waals surface area contributed by atoms with Crippen molar-refractivity contribution in [3.05, 3.63) is 59.1 Å². The molecule has 3 heterocycles. The Kier molecular flexibility index (Phi) is 4.68. The number of rotatable bonds is 5. The van der Waals surface area contributed by atoms with Gasteiger partial charge in [0.1, 0.15) is 29.4 Å². The molecular weight excluding hydrogens is 362 g/mol. The summed E-state index contributed by atoms with van der Waals surface area (Å²) in [5.74, 6) is -0.456. The van der Waals surface area contributed by atoms with Crippen LogP contribution in [0.1, 0.15) is 29.9 Å². The third kappa shape index (κ3) is 2.97. The van der Waals surface area contributed by atoms with Gasteiger partial charge in [0, 0.05) is 25.6 Å². The second kappa shape index (κ2) is 7.16. The molecule has 1 amide bonds. The lowest BCUT2D eigenvalue weighted by Gasteiger charge is -2.22. The summed E-state index contributed by atoms with van der Waals surface area (Å²) in [7, 11) is 1.52. The number of carbonyl (C=O) groups excluding carboxylic acids is 2. The zero-order valence-electron chi connectivity index (χ0n) is 15.7. The number of fused-ring (bicyclic) bond motifs is 1. The fourth-order valence-electron chi connectivity index (χ4n) is 3.77. The van der Waals surface area contributed by atoms with E-state index in [4.69, 9.17) is 13.9 Å². The average molecular weight is 383 g/mol. The molecule has 2 aliphatic rings. The maximum atomic E-state index is 12.8. The maximum absolute atomic E-state index is 12.8. The third-order valence-electron chi connectivity index (χ3n) is 5.06. The number of ether oxygens (including phenoxy) is 2. The number of amides is 1. The second-order valence-corrected chi connectivity index (χ2v) is 6.96. The minimum absolute atomic E-state index is 0.0166. The SMILES string of the molecule is COCCN1C(=O)C(=O)C(=C(O)c2ccc3c(c2)CC(C)O3)C1c1ccco1. The number of carbonyl (C=O) groups is 2. The monoisotopic (exact) mass is 383 g/mol. The highest BCUT2D eigenvalue weighted by Crippen LogP contribution is 2.40. The minimum Gasteiger partial charge on any atom is -0.507 e. The number of likely N-dealkylation sites (tertiary alicyclic amines) is 1. The summed E-state index contributed by atoms with van der Waals surface area (Å²) in [5, 5.41) is 11.0. The first-order chi connectivity index (χ1) is 13.5. The van der Waals surface area contributed by atoms with Crippen molar-refractivity contribution in [1.82, 2.24) is 4.90 Å². The Morgan fingerprint density at radius 1 is 1.32 bits per heavy atom. The molecule has 28 heavy (non-hydrogen) atoms. The van der Waals surface area contributed by atoms with E-state index in [1.54, 1.807) is 30.3 Å². The van der Waals surface area contributed by atoms with Crippen LogP contribution in [0.2, 0.25) is 0 Å². The summed E-state index contributed by atoms with van der Waals surface area (Å²) in [6, 6.07) is 7.83. The number of Topliss-reactive ketones (excluding diaryl/α,β-unsaturated/α-hetero) is 1. The number of nitrogens with zero attached hydrogens (tertiary/aromatic N) is 1. The quantitative estimate of drug-likeness (QED) is 0.485. The van der Waals surface area contributed by atoms with Crippen LogP contribution in [0.3, 0.4) is 0 Å². The Balaban J connectivity index is 1.80. The van der Waals surface area contributed by atoms with E-state index in [0.717, 1.165) is 17.7 Å². The molecule has 2 atom stereocenters. The van der Waals surface area contributed by atoms with E-state index in [9.17, 15) is 14.7 Å². The molecule has 1 aromatic carbocycles. The molecule has 2 aromatic rings. The van der Waals surface area contributed by atoms with Crippen molar-refractivity contribution >= 4 is 17.4 Å². The van der Waals surface area contributed by atoms with Crippen LogP contribution in [-0.2, 0) is 20.7 Å². The van der Waals surface area contributed by atoms with Crippen molar-refractivity contribution in [2.45, 2.75) is 25.5 Å². The second-order valence-electron chi connectivity index (χ2n) is 6.96. The van der Waals surface area contributed by atoms with Gasteiger partial charge in [0.2, 0.25) is 0 Å². The molecule has 7 nitrogen and oxygen atoms in total. The first kappa shape index (κ1) is 18.3. The summed E-state index contributed by atoms with van der Waals surface area (Å²) in [4.78, 5) is 26.7. The molecule has 1 aromatic heterocycles. The van der Waals surface area contributed by atoms with Crippen LogP contribution >= 0.6 is 0 Å². The number of aliphatic hydroxyl groups is 1. The van der Waals surface area contributed by atoms with Gasteiger partial charge in [-0.1, -0.05) is 0 Å². The molecular formula is C21H21NO6. The number of furan rings is 1. The van der Waals surface area contributed by atoms with E-state index in [1.165, 1.54) is 18.3 Å². The van der Waals surface area contributed by atoms with Crippen molar-refractivity contribution in [3.63, 3.8) is 0 Å². The molecule has 0 aliphatic carbocycles. The van der Waals surface area contributed by atoms with Gasteiger partial charge >= 0.3 is 0 Å². The normalized spacial score (nSPS) is 23.1. The van der Waals surface area contributed by atoms with Crippen LogP contribution in [0.5, 0.6) is 5.75 Å². The largest absolute Gasteiger partial charge is 0.507 e. The summed E-state index contributed by atoms with van der Waals surface area (Å²) in [5.41, 5.74) is 1.44. The van der Waals surface area contributed by atoms with Gasteiger partial charge in [0.25, 0.3) is 11.7 Å².